The Bertz CT molecular complexity index is 438. The molecule has 0 aromatic carbocycles. The molecule has 0 unspecified atom stereocenters. The van der Waals surface area contributed by atoms with Crippen LogP contribution in [0, 0.1) is 5.41 Å². The summed E-state index contributed by atoms with van der Waals surface area (Å²) in [5.74, 6) is 0. The van der Waals surface area contributed by atoms with Crippen LogP contribution in [0.2, 0.25) is 5.02 Å². The van der Waals surface area contributed by atoms with Crippen molar-refractivity contribution in [1.82, 2.24) is 9.88 Å². The summed E-state index contributed by atoms with van der Waals surface area (Å²) in [6.07, 6.45) is 5.09. The van der Waals surface area contributed by atoms with Crippen LogP contribution in [0.4, 0.5) is 0 Å². The van der Waals surface area contributed by atoms with E-state index in [2.05, 4.69) is 16.9 Å². The number of likely N-dealkylation sites (tertiary alicyclic amines) is 1. The van der Waals surface area contributed by atoms with Crippen molar-refractivity contribution in [3.05, 3.63) is 28.5 Å². The molecular formula is C13H18ClN3. The van der Waals surface area contributed by atoms with E-state index in [1.165, 1.54) is 18.4 Å². The molecule has 0 bridgehead atoms. The molecular weight excluding hydrogens is 234 g/mol. The average Bonchev–Trinajstić information content (AvgIpc) is 2.58. The Kier molecular flexibility index (Phi) is 2.65. The fraction of sp³-hybridized carbons (Fsp3) is 0.615. The van der Waals surface area contributed by atoms with E-state index >= 15 is 0 Å². The molecule has 0 saturated carbocycles. The maximum atomic E-state index is 6.45. The standard InChI is InChI=1S/C13H18ClN3/c1-17-4-2-13(3-5-17)7-11-10(12(13)15)6-9(14)8-16-11/h6,8,12H,2-5,7,15H2,1H3/t12-/m1/s1. The third-order valence-electron chi connectivity index (χ3n) is 4.47. The molecule has 17 heavy (non-hydrogen) atoms. The van der Waals surface area contributed by atoms with E-state index in [0.717, 1.165) is 25.2 Å². The Hall–Kier alpha value is -0.640. The molecule has 92 valence electrons. The zero-order valence-corrected chi connectivity index (χ0v) is 10.9. The molecule has 2 aliphatic rings. The van der Waals surface area contributed by atoms with E-state index in [1.54, 1.807) is 6.20 Å². The fourth-order valence-electron chi connectivity index (χ4n) is 3.23. The predicted molar refractivity (Wildman–Crippen MR) is 69.0 cm³/mol. The van der Waals surface area contributed by atoms with Gasteiger partial charge in [0, 0.05) is 17.9 Å². The van der Waals surface area contributed by atoms with Crippen molar-refractivity contribution >= 4 is 11.6 Å². The van der Waals surface area contributed by atoms with Gasteiger partial charge in [-0.05, 0) is 56.4 Å². The number of hydrogen-bond donors (Lipinski definition) is 1. The van der Waals surface area contributed by atoms with Crippen molar-refractivity contribution < 1.29 is 0 Å². The molecule has 3 nitrogen and oxygen atoms in total. The highest BCUT2D eigenvalue weighted by Gasteiger charge is 2.46. The molecule has 1 aromatic heterocycles. The molecule has 1 fully saturated rings. The van der Waals surface area contributed by atoms with Crippen molar-refractivity contribution in [3.63, 3.8) is 0 Å². The van der Waals surface area contributed by atoms with Crippen LogP contribution in [-0.4, -0.2) is 30.0 Å². The molecule has 0 amide bonds. The number of nitrogens with two attached hydrogens (primary N) is 1. The van der Waals surface area contributed by atoms with Crippen LogP contribution >= 0.6 is 11.6 Å². The number of hydrogen-bond acceptors (Lipinski definition) is 3. The van der Waals surface area contributed by atoms with Gasteiger partial charge in [0.25, 0.3) is 0 Å². The molecule has 1 aliphatic carbocycles. The summed E-state index contributed by atoms with van der Waals surface area (Å²) in [6.45, 7) is 2.27. The Morgan fingerprint density at radius 3 is 2.88 bits per heavy atom. The topological polar surface area (TPSA) is 42.2 Å². The van der Waals surface area contributed by atoms with Gasteiger partial charge in [-0.3, -0.25) is 4.98 Å². The maximum Gasteiger partial charge on any atom is 0.0592 e. The van der Waals surface area contributed by atoms with Gasteiger partial charge in [-0.2, -0.15) is 0 Å². The predicted octanol–water partition coefficient (Wildman–Crippen LogP) is 2.00. The minimum Gasteiger partial charge on any atom is -0.323 e. The molecule has 1 aromatic rings. The van der Waals surface area contributed by atoms with Gasteiger partial charge in [0.1, 0.15) is 0 Å². The first-order valence-corrected chi connectivity index (χ1v) is 6.57. The van der Waals surface area contributed by atoms with E-state index < -0.39 is 0 Å². The molecule has 1 atom stereocenters. The summed E-state index contributed by atoms with van der Waals surface area (Å²) in [5, 5.41) is 0.698. The van der Waals surface area contributed by atoms with Crippen LogP contribution in [0.25, 0.3) is 0 Å². The summed E-state index contributed by atoms with van der Waals surface area (Å²) >= 11 is 6.01. The number of fused-ring (bicyclic) bond motifs is 1. The zero-order chi connectivity index (χ0) is 12.0. The van der Waals surface area contributed by atoms with E-state index in [-0.39, 0.29) is 11.5 Å². The molecule has 2 N–H and O–H groups in total. The van der Waals surface area contributed by atoms with Crippen LogP contribution in [0.3, 0.4) is 0 Å². The van der Waals surface area contributed by atoms with Crippen molar-refractivity contribution in [1.29, 1.82) is 0 Å². The molecule has 0 radical (unpaired) electrons. The van der Waals surface area contributed by atoms with Crippen LogP contribution in [0.5, 0.6) is 0 Å². The number of piperidine rings is 1. The van der Waals surface area contributed by atoms with Gasteiger partial charge in [-0.25, -0.2) is 0 Å². The van der Waals surface area contributed by atoms with E-state index in [9.17, 15) is 0 Å². The van der Waals surface area contributed by atoms with E-state index in [0.29, 0.717) is 5.02 Å². The largest absolute Gasteiger partial charge is 0.323 e. The van der Waals surface area contributed by atoms with Crippen molar-refractivity contribution in [2.75, 3.05) is 20.1 Å². The zero-order valence-electron chi connectivity index (χ0n) is 10.1. The van der Waals surface area contributed by atoms with E-state index in [4.69, 9.17) is 17.3 Å². The van der Waals surface area contributed by atoms with E-state index in [1.807, 2.05) is 6.07 Å². The Morgan fingerprint density at radius 1 is 1.47 bits per heavy atom. The summed E-state index contributed by atoms with van der Waals surface area (Å²) in [6, 6.07) is 2.11. The molecule has 3 rings (SSSR count). The minimum absolute atomic E-state index is 0.109. The summed E-state index contributed by atoms with van der Waals surface area (Å²) in [7, 11) is 2.18. The molecule has 2 heterocycles. The van der Waals surface area contributed by atoms with Crippen LogP contribution in [0.15, 0.2) is 12.3 Å². The van der Waals surface area contributed by atoms with Crippen molar-refractivity contribution in [2.24, 2.45) is 11.1 Å². The average molecular weight is 252 g/mol. The highest BCUT2D eigenvalue weighted by atomic mass is 35.5. The van der Waals surface area contributed by atoms with Crippen LogP contribution in [-0.2, 0) is 6.42 Å². The van der Waals surface area contributed by atoms with Gasteiger partial charge in [0.2, 0.25) is 0 Å². The highest BCUT2D eigenvalue weighted by Crippen LogP contribution is 2.50. The second-order valence-electron chi connectivity index (χ2n) is 5.51. The Morgan fingerprint density at radius 2 is 2.18 bits per heavy atom. The number of rotatable bonds is 0. The van der Waals surface area contributed by atoms with Gasteiger partial charge in [-0.1, -0.05) is 11.6 Å². The monoisotopic (exact) mass is 251 g/mol. The lowest BCUT2D eigenvalue weighted by molar-refractivity contribution is 0.105. The summed E-state index contributed by atoms with van der Waals surface area (Å²) in [4.78, 5) is 6.83. The number of halogens is 1. The smallest absolute Gasteiger partial charge is 0.0592 e. The molecule has 1 saturated heterocycles. The number of nitrogens with zero attached hydrogens (tertiary/aromatic N) is 2. The van der Waals surface area contributed by atoms with Crippen LogP contribution < -0.4 is 5.73 Å². The Balaban J connectivity index is 1.93. The first-order chi connectivity index (χ1) is 8.11. The van der Waals surface area contributed by atoms with Gasteiger partial charge >= 0.3 is 0 Å². The number of pyridine rings is 1. The molecule has 4 heteroatoms. The third kappa shape index (κ3) is 1.77. The lowest BCUT2D eigenvalue weighted by atomic mass is 9.73. The lowest BCUT2D eigenvalue weighted by Gasteiger charge is -2.40. The molecule has 1 aliphatic heterocycles. The maximum absolute atomic E-state index is 6.45. The van der Waals surface area contributed by atoms with Crippen molar-refractivity contribution in [3.8, 4) is 0 Å². The second kappa shape index (κ2) is 3.94. The highest BCUT2D eigenvalue weighted by molar-refractivity contribution is 6.30. The quantitative estimate of drug-likeness (QED) is 0.767. The third-order valence-corrected chi connectivity index (χ3v) is 4.67. The summed E-state index contributed by atoms with van der Waals surface area (Å²) in [5.41, 5.74) is 9.01. The van der Waals surface area contributed by atoms with Crippen molar-refractivity contribution in [2.45, 2.75) is 25.3 Å². The van der Waals surface area contributed by atoms with Gasteiger partial charge < -0.3 is 10.6 Å². The van der Waals surface area contributed by atoms with Gasteiger partial charge in [-0.15, -0.1) is 0 Å². The SMILES string of the molecule is CN1CCC2(CC1)Cc1ncc(Cl)cc1[C@H]2N. The lowest BCUT2D eigenvalue weighted by Crippen LogP contribution is -2.42. The first-order valence-electron chi connectivity index (χ1n) is 6.19. The van der Waals surface area contributed by atoms with Crippen LogP contribution in [0.1, 0.15) is 30.1 Å². The Labute approximate surface area is 107 Å². The summed E-state index contributed by atoms with van der Waals surface area (Å²) < 4.78 is 0. The number of aromatic nitrogens is 1. The normalized spacial score (nSPS) is 27.4. The minimum atomic E-state index is 0.109. The second-order valence-corrected chi connectivity index (χ2v) is 5.95. The van der Waals surface area contributed by atoms with Gasteiger partial charge in [0.05, 0.1) is 5.02 Å². The van der Waals surface area contributed by atoms with Gasteiger partial charge in [0.15, 0.2) is 0 Å². The fourth-order valence-corrected chi connectivity index (χ4v) is 3.39. The molecule has 1 spiro atoms. The first kappa shape index (κ1) is 11.5.